The fourth-order valence-corrected chi connectivity index (χ4v) is 3.29. The number of rotatable bonds is 6. The van der Waals surface area contributed by atoms with Gasteiger partial charge in [0.1, 0.15) is 6.10 Å². The van der Waals surface area contributed by atoms with Crippen LogP contribution in [-0.2, 0) is 16.0 Å². The molecule has 0 amide bonds. The van der Waals surface area contributed by atoms with Crippen LogP contribution in [0.3, 0.4) is 0 Å². The number of carbonyl (C=O) groups excluding carboxylic acids is 1. The van der Waals surface area contributed by atoms with E-state index < -0.39 is 0 Å². The standard InChI is InChI=1S/C15H24N2O2S/c1-3-17-8-6-13(7-9-17)12(2)19-15(18)5-4-14-10-20-11-16-14/h10-13H,3-9H2,1-2H3/t12-/m1/s1. The van der Waals surface area contributed by atoms with Crippen LogP contribution in [0.1, 0.15) is 38.8 Å². The summed E-state index contributed by atoms with van der Waals surface area (Å²) < 4.78 is 5.58. The molecule has 5 heteroatoms. The zero-order valence-corrected chi connectivity index (χ0v) is 13.2. The van der Waals surface area contributed by atoms with E-state index in [0.717, 1.165) is 38.2 Å². The first kappa shape index (κ1) is 15.4. The lowest BCUT2D eigenvalue weighted by atomic mass is 9.92. The van der Waals surface area contributed by atoms with Crippen molar-refractivity contribution in [1.29, 1.82) is 0 Å². The van der Waals surface area contributed by atoms with E-state index in [2.05, 4.69) is 16.8 Å². The van der Waals surface area contributed by atoms with Crippen molar-refractivity contribution in [1.82, 2.24) is 9.88 Å². The van der Waals surface area contributed by atoms with E-state index in [0.29, 0.717) is 18.8 Å². The Bertz CT molecular complexity index is 400. The lowest BCUT2D eigenvalue weighted by Gasteiger charge is -2.33. The number of nitrogens with zero attached hydrogens (tertiary/aromatic N) is 2. The van der Waals surface area contributed by atoms with Crippen LogP contribution in [0.2, 0.25) is 0 Å². The highest BCUT2D eigenvalue weighted by Crippen LogP contribution is 2.22. The van der Waals surface area contributed by atoms with Crippen molar-refractivity contribution in [2.75, 3.05) is 19.6 Å². The van der Waals surface area contributed by atoms with E-state index in [9.17, 15) is 4.79 Å². The molecule has 4 nitrogen and oxygen atoms in total. The second-order valence-corrected chi connectivity index (χ2v) is 6.17. The molecule has 0 N–H and O–H groups in total. The highest BCUT2D eigenvalue weighted by molar-refractivity contribution is 7.07. The van der Waals surface area contributed by atoms with E-state index in [1.807, 2.05) is 12.3 Å². The minimum Gasteiger partial charge on any atom is -0.462 e. The number of aryl methyl sites for hydroxylation is 1. The van der Waals surface area contributed by atoms with E-state index >= 15 is 0 Å². The molecule has 0 radical (unpaired) electrons. The summed E-state index contributed by atoms with van der Waals surface area (Å²) >= 11 is 1.56. The van der Waals surface area contributed by atoms with Crippen LogP contribution in [0.5, 0.6) is 0 Å². The van der Waals surface area contributed by atoms with Crippen LogP contribution in [0.15, 0.2) is 10.9 Å². The second kappa shape index (κ2) is 7.74. The minimum atomic E-state index is -0.0941. The van der Waals surface area contributed by atoms with Crippen molar-refractivity contribution in [3.63, 3.8) is 0 Å². The van der Waals surface area contributed by atoms with Crippen molar-refractivity contribution in [3.8, 4) is 0 Å². The second-order valence-electron chi connectivity index (χ2n) is 5.45. The molecular formula is C15H24N2O2S. The fraction of sp³-hybridized carbons (Fsp3) is 0.733. The summed E-state index contributed by atoms with van der Waals surface area (Å²) in [5.41, 5.74) is 2.78. The van der Waals surface area contributed by atoms with Gasteiger partial charge in [-0.1, -0.05) is 6.92 Å². The molecule has 1 saturated heterocycles. The van der Waals surface area contributed by atoms with Crippen LogP contribution in [0.25, 0.3) is 0 Å². The molecule has 0 saturated carbocycles. The number of aromatic nitrogens is 1. The Kier molecular flexibility index (Phi) is 5.98. The maximum absolute atomic E-state index is 11.9. The van der Waals surface area contributed by atoms with Crippen LogP contribution in [0, 0.1) is 5.92 Å². The first-order valence-electron chi connectivity index (χ1n) is 7.48. The van der Waals surface area contributed by atoms with Gasteiger partial charge >= 0.3 is 5.97 Å². The van der Waals surface area contributed by atoms with Crippen molar-refractivity contribution in [2.45, 2.75) is 45.6 Å². The number of esters is 1. The van der Waals surface area contributed by atoms with Crippen LogP contribution in [0.4, 0.5) is 0 Å². The van der Waals surface area contributed by atoms with Crippen molar-refractivity contribution < 1.29 is 9.53 Å². The first-order valence-corrected chi connectivity index (χ1v) is 8.42. The van der Waals surface area contributed by atoms with Gasteiger partial charge in [-0.2, -0.15) is 0 Å². The lowest BCUT2D eigenvalue weighted by molar-refractivity contribution is -0.151. The summed E-state index contributed by atoms with van der Waals surface area (Å²) in [6.45, 7) is 7.60. The maximum Gasteiger partial charge on any atom is 0.306 e. The van der Waals surface area contributed by atoms with Gasteiger partial charge in [0.15, 0.2) is 0 Å². The molecule has 20 heavy (non-hydrogen) atoms. The highest BCUT2D eigenvalue weighted by Gasteiger charge is 2.25. The van der Waals surface area contributed by atoms with Gasteiger partial charge in [0.05, 0.1) is 17.6 Å². The Hall–Kier alpha value is -0.940. The Morgan fingerprint density at radius 2 is 2.30 bits per heavy atom. The predicted octanol–water partition coefficient (Wildman–Crippen LogP) is 2.74. The lowest BCUT2D eigenvalue weighted by Crippen LogP contribution is -2.38. The summed E-state index contributed by atoms with van der Waals surface area (Å²) in [5.74, 6) is 0.421. The number of likely N-dealkylation sites (tertiary alicyclic amines) is 1. The summed E-state index contributed by atoms with van der Waals surface area (Å²) in [6, 6.07) is 0. The molecule has 0 aromatic carbocycles. The molecule has 0 aliphatic carbocycles. The Morgan fingerprint density at radius 3 is 2.90 bits per heavy atom. The topological polar surface area (TPSA) is 42.4 Å². The van der Waals surface area contributed by atoms with Crippen molar-refractivity contribution in [2.24, 2.45) is 5.92 Å². The third kappa shape index (κ3) is 4.56. The highest BCUT2D eigenvalue weighted by atomic mass is 32.1. The fourth-order valence-electron chi connectivity index (χ4n) is 2.69. The zero-order valence-electron chi connectivity index (χ0n) is 12.4. The van der Waals surface area contributed by atoms with Gasteiger partial charge in [-0.3, -0.25) is 4.79 Å². The van der Waals surface area contributed by atoms with E-state index in [1.54, 1.807) is 16.8 Å². The summed E-state index contributed by atoms with van der Waals surface area (Å²) in [6.07, 6.45) is 3.42. The molecule has 1 atom stereocenters. The largest absolute Gasteiger partial charge is 0.462 e. The summed E-state index contributed by atoms with van der Waals surface area (Å²) in [4.78, 5) is 18.5. The molecule has 0 spiro atoms. The third-order valence-electron chi connectivity index (χ3n) is 4.13. The monoisotopic (exact) mass is 296 g/mol. The normalized spacial score (nSPS) is 18.9. The molecule has 0 unspecified atom stereocenters. The number of ether oxygens (including phenoxy) is 1. The number of hydrogen-bond donors (Lipinski definition) is 0. The first-order chi connectivity index (χ1) is 9.69. The van der Waals surface area contributed by atoms with Gasteiger partial charge in [-0.05, 0) is 45.3 Å². The average Bonchev–Trinajstić information content (AvgIpc) is 2.98. The zero-order chi connectivity index (χ0) is 14.4. The maximum atomic E-state index is 11.9. The predicted molar refractivity (Wildman–Crippen MR) is 80.8 cm³/mol. The number of hydrogen-bond acceptors (Lipinski definition) is 5. The Morgan fingerprint density at radius 1 is 1.55 bits per heavy atom. The Balaban J connectivity index is 1.68. The van der Waals surface area contributed by atoms with Crippen LogP contribution >= 0.6 is 11.3 Å². The van der Waals surface area contributed by atoms with Crippen LogP contribution in [-0.4, -0.2) is 41.6 Å². The molecule has 2 heterocycles. The quantitative estimate of drug-likeness (QED) is 0.757. The number of thiazole rings is 1. The van der Waals surface area contributed by atoms with E-state index in [-0.39, 0.29) is 12.1 Å². The SMILES string of the molecule is CCN1CCC([C@@H](C)OC(=O)CCc2cscn2)CC1. The van der Waals surface area contributed by atoms with Crippen LogP contribution < -0.4 is 0 Å². The molecule has 1 aromatic rings. The number of piperidine rings is 1. The van der Waals surface area contributed by atoms with Gasteiger partial charge in [-0.25, -0.2) is 4.98 Å². The Labute approximate surface area is 125 Å². The van der Waals surface area contributed by atoms with Gasteiger partial charge in [0.25, 0.3) is 0 Å². The third-order valence-corrected chi connectivity index (χ3v) is 4.76. The smallest absolute Gasteiger partial charge is 0.306 e. The van der Waals surface area contributed by atoms with Gasteiger partial charge in [-0.15, -0.1) is 11.3 Å². The van der Waals surface area contributed by atoms with Crippen molar-refractivity contribution >= 4 is 17.3 Å². The summed E-state index contributed by atoms with van der Waals surface area (Å²) in [5, 5.41) is 1.98. The van der Waals surface area contributed by atoms with E-state index in [1.165, 1.54) is 0 Å². The van der Waals surface area contributed by atoms with Gasteiger partial charge in [0, 0.05) is 11.8 Å². The average molecular weight is 296 g/mol. The van der Waals surface area contributed by atoms with E-state index in [4.69, 9.17) is 4.74 Å². The molecule has 1 aliphatic rings. The molecular weight excluding hydrogens is 272 g/mol. The van der Waals surface area contributed by atoms with Gasteiger partial charge in [0.2, 0.25) is 0 Å². The molecule has 112 valence electrons. The molecule has 2 rings (SSSR count). The number of carbonyl (C=O) groups is 1. The minimum absolute atomic E-state index is 0.0388. The molecule has 1 aliphatic heterocycles. The molecule has 1 aromatic heterocycles. The molecule has 1 fully saturated rings. The van der Waals surface area contributed by atoms with Gasteiger partial charge < -0.3 is 9.64 Å². The van der Waals surface area contributed by atoms with Crippen molar-refractivity contribution in [3.05, 3.63) is 16.6 Å². The molecule has 0 bridgehead atoms. The summed E-state index contributed by atoms with van der Waals surface area (Å²) in [7, 11) is 0.